The molecule has 0 bridgehead atoms. The van der Waals surface area contributed by atoms with Crippen molar-refractivity contribution < 1.29 is 27.5 Å². The van der Waals surface area contributed by atoms with Crippen molar-refractivity contribution in [2.75, 3.05) is 7.11 Å². The number of methoxy groups -OCH3 is 1. The molecule has 1 aromatic heterocycles. The van der Waals surface area contributed by atoms with Crippen LogP contribution < -0.4 is 0 Å². The van der Waals surface area contributed by atoms with E-state index in [2.05, 4.69) is 4.74 Å². The Morgan fingerprint density at radius 2 is 2.05 bits per heavy atom. The second kappa shape index (κ2) is 4.48. The SMILES string of the molecule is COC(=O)c1csc2c1CC(=O)C(C)=C2C(F)(F)F. The van der Waals surface area contributed by atoms with Gasteiger partial charge < -0.3 is 4.74 Å². The Balaban J connectivity index is 2.66. The molecule has 0 spiro atoms. The molecule has 0 atom stereocenters. The van der Waals surface area contributed by atoms with Crippen LogP contribution in [-0.4, -0.2) is 25.0 Å². The molecule has 102 valence electrons. The molecule has 0 aliphatic heterocycles. The highest BCUT2D eigenvalue weighted by Gasteiger charge is 2.43. The van der Waals surface area contributed by atoms with Gasteiger partial charge in [-0.05, 0) is 12.5 Å². The highest BCUT2D eigenvalue weighted by molar-refractivity contribution is 7.11. The first kappa shape index (κ1) is 13.8. The fourth-order valence-electron chi connectivity index (χ4n) is 1.99. The first-order chi connectivity index (χ1) is 8.77. The molecule has 0 fully saturated rings. The van der Waals surface area contributed by atoms with Gasteiger partial charge in [0, 0.05) is 22.3 Å². The van der Waals surface area contributed by atoms with E-state index in [-0.39, 0.29) is 28.0 Å². The summed E-state index contributed by atoms with van der Waals surface area (Å²) < 4.78 is 43.6. The highest BCUT2D eigenvalue weighted by atomic mass is 32.1. The number of halogens is 3. The molecule has 1 aliphatic rings. The average Bonchev–Trinajstić information content (AvgIpc) is 2.70. The van der Waals surface area contributed by atoms with Gasteiger partial charge in [-0.15, -0.1) is 11.3 Å². The van der Waals surface area contributed by atoms with E-state index >= 15 is 0 Å². The van der Waals surface area contributed by atoms with Gasteiger partial charge in [0.05, 0.1) is 18.2 Å². The molecule has 0 N–H and O–H groups in total. The number of thiophene rings is 1. The van der Waals surface area contributed by atoms with Crippen LogP contribution in [0.3, 0.4) is 0 Å². The minimum absolute atomic E-state index is 0.0325. The normalized spacial score (nSPS) is 15.5. The molecular weight excluding hydrogens is 281 g/mol. The molecular formula is C12H9F3O3S. The largest absolute Gasteiger partial charge is 0.465 e. The van der Waals surface area contributed by atoms with Gasteiger partial charge in [0.15, 0.2) is 5.78 Å². The molecule has 0 saturated carbocycles. The van der Waals surface area contributed by atoms with E-state index in [4.69, 9.17) is 0 Å². The predicted molar refractivity (Wildman–Crippen MR) is 63.0 cm³/mol. The predicted octanol–water partition coefficient (Wildman–Crippen LogP) is 3.00. The molecule has 0 unspecified atom stereocenters. The van der Waals surface area contributed by atoms with Crippen LogP contribution in [0.2, 0.25) is 0 Å². The van der Waals surface area contributed by atoms with Crippen LogP contribution in [0, 0.1) is 0 Å². The van der Waals surface area contributed by atoms with Crippen LogP contribution in [0.5, 0.6) is 0 Å². The number of alkyl halides is 3. The molecule has 0 amide bonds. The molecule has 0 radical (unpaired) electrons. The van der Waals surface area contributed by atoms with Gasteiger partial charge in [-0.25, -0.2) is 4.79 Å². The third kappa shape index (κ3) is 2.18. The van der Waals surface area contributed by atoms with E-state index in [1.54, 1.807) is 0 Å². The maximum atomic E-state index is 13.0. The monoisotopic (exact) mass is 290 g/mol. The first-order valence-electron chi connectivity index (χ1n) is 5.27. The average molecular weight is 290 g/mol. The number of esters is 1. The van der Waals surface area contributed by atoms with Crippen molar-refractivity contribution in [2.24, 2.45) is 0 Å². The number of allylic oxidation sites excluding steroid dienone is 2. The number of carbonyl (C=O) groups is 2. The fourth-order valence-corrected chi connectivity index (χ4v) is 3.18. The summed E-state index contributed by atoms with van der Waals surface area (Å²) in [7, 11) is 1.14. The van der Waals surface area contributed by atoms with Gasteiger partial charge >= 0.3 is 12.1 Å². The number of ether oxygens (including phenoxy) is 1. The van der Waals surface area contributed by atoms with Gasteiger partial charge in [-0.1, -0.05) is 0 Å². The molecule has 19 heavy (non-hydrogen) atoms. The Kier molecular flexibility index (Phi) is 3.25. The van der Waals surface area contributed by atoms with E-state index < -0.39 is 23.5 Å². The molecule has 3 nitrogen and oxygen atoms in total. The zero-order chi connectivity index (χ0) is 14.4. The third-order valence-corrected chi connectivity index (χ3v) is 3.98. The first-order valence-corrected chi connectivity index (χ1v) is 6.15. The number of Topliss-reactive ketones (excluding diaryl/α,β-unsaturated/α-hetero) is 1. The van der Waals surface area contributed by atoms with E-state index in [0.29, 0.717) is 0 Å². The third-order valence-electron chi connectivity index (χ3n) is 2.94. The summed E-state index contributed by atoms with van der Waals surface area (Å²) in [6.07, 6.45) is -4.82. The molecule has 1 aliphatic carbocycles. The van der Waals surface area contributed by atoms with E-state index in [0.717, 1.165) is 25.4 Å². The Morgan fingerprint density at radius 3 is 2.58 bits per heavy atom. The highest BCUT2D eigenvalue weighted by Crippen LogP contribution is 2.44. The molecule has 1 heterocycles. The van der Waals surface area contributed by atoms with Crippen LogP contribution >= 0.6 is 11.3 Å². The molecule has 2 rings (SSSR count). The molecule has 0 aromatic carbocycles. The fraction of sp³-hybridized carbons (Fsp3) is 0.333. The van der Waals surface area contributed by atoms with Crippen molar-refractivity contribution in [3.63, 3.8) is 0 Å². The van der Waals surface area contributed by atoms with Gasteiger partial charge in [0.2, 0.25) is 0 Å². The van der Waals surface area contributed by atoms with E-state index in [1.807, 2.05) is 0 Å². The van der Waals surface area contributed by atoms with E-state index in [9.17, 15) is 22.8 Å². The van der Waals surface area contributed by atoms with Crippen molar-refractivity contribution in [1.29, 1.82) is 0 Å². The van der Waals surface area contributed by atoms with Crippen LogP contribution in [-0.2, 0) is 16.0 Å². The molecule has 0 saturated heterocycles. The smallest absolute Gasteiger partial charge is 0.418 e. The Labute approximate surface area is 110 Å². The van der Waals surface area contributed by atoms with Crippen LogP contribution in [0.4, 0.5) is 13.2 Å². The maximum Gasteiger partial charge on any atom is 0.418 e. The summed E-state index contributed by atoms with van der Waals surface area (Å²) in [5.74, 6) is -1.35. The number of carbonyl (C=O) groups excluding carboxylic acids is 2. The lowest BCUT2D eigenvalue weighted by Gasteiger charge is -2.20. The topological polar surface area (TPSA) is 43.4 Å². The van der Waals surface area contributed by atoms with Crippen LogP contribution in [0.15, 0.2) is 11.0 Å². The minimum Gasteiger partial charge on any atom is -0.465 e. The van der Waals surface area contributed by atoms with Crippen molar-refractivity contribution in [1.82, 2.24) is 0 Å². The van der Waals surface area contributed by atoms with Crippen molar-refractivity contribution >= 4 is 28.7 Å². The second-order valence-electron chi connectivity index (χ2n) is 4.05. The number of hydrogen-bond acceptors (Lipinski definition) is 4. The number of hydrogen-bond donors (Lipinski definition) is 0. The van der Waals surface area contributed by atoms with E-state index in [1.165, 1.54) is 5.38 Å². The second-order valence-corrected chi connectivity index (χ2v) is 4.93. The van der Waals surface area contributed by atoms with Crippen LogP contribution in [0.25, 0.3) is 5.57 Å². The standard InChI is InChI=1S/C12H9F3O3S/c1-5-8(16)3-6-7(11(17)18-2)4-19-10(6)9(5)12(13,14)15/h4H,3H2,1-2H3. The minimum atomic E-state index is -4.62. The van der Waals surface area contributed by atoms with Gasteiger partial charge in [-0.2, -0.15) is 13.2 Å². The lowest BCUT2D eigenvalue weighted by molar-refractivity contribution is -0.115. The molecule has 1 aromatic rings. The summed E-state index contributed by atoms with van der Waals surface area (Å²) in [4.78, 5) is 23.1. The summed E-state index contributed by atoms with van der Waals surface area (Å²) in [6.45, 7) is 1.16. The van der Waals surface area contributed by atoms with Gasteiger partial charge in [-0.3, -0.25) is 4.79 Å². The molecule has 7 heteroatoms. The number of ketones is 1. The lowest BCUT2D eigenvalue weighted by Crippen LogP contribution is -2.22. The zero-order valence-electron chi connectivity index (χ0n) is 10.1. The Morgan fingerprint density at radius 1 is 1.42 bits per heavy atom. The quantitative estimate of drug-likeness (QED) is 0.747. The number of rotatable bonds is 1. The Hall–Kier alpha value is -1.63. The maximum absolute atomic E-state index is 13.0. The number of fused-ring (bicyclic) bond motifs is 1. The summed E-state index contributed by atoms with van der Waals surface area (Å²) >= 11 is 0.806. The van der Waals surface area contributed by atoms with Crippen molar-refractivity contribution in [3.8, 4) is 0 Å². The Bertz CT molecular complexity index is 596. The lowest BCUT2D eigenvalue weighted by atomic mass is 9.89. The van der Waals surface area contributed by atoms with Crippen molar-refractivity contribution in [3.05, 3.63) is 27.0 Å². The summed E-state index contributed by atoms with van der Waals surface area (Å²) in [6, 6.07) is 0. The summed E-state index contributed by atoms with van der Waals surface area (Å²) in [5.41, 5.74) is -1.11. The van der Waals surface area contributed by atoms with Crippen molar-refractivity contribution in [2.45, 2.75) is 19.5 Å². The van der Waals surface area contributed by atoms with Crippen LogP contribution in [0.1, 0.15) is 27.7 Å². The van der Waals surface area contributed by atoms with Gasteiger partial charge in [0.25, 0.3) is 0 Å². The zero-order valence-corrected chi connectivity index (χ0v) is 10.9. The van der Waals surface area contributed by atoms with Gasteiger partial charge in [0.1, 0.15) is 0 Å². The summed E-state index contributed by atoms with van der Waals surface area (Å²) in [5, 5.41) is 1.30.